The highest BCUT2D eigenvalue weighted by Crippen LogP contribution is 2.25. The van der Waals surface area contributed by atoms with Gasteiger partial charge >= 0.3 is 0 Å². The summed E-state index contributed by atoms with van der Waals surface area (Å²) in [7, 11) is 0. The summed E-state index contributed by atoms with van der Waals surface area (Å²) in [4.78, 5) is 33.0. The number of anilines is 1. The first-order valence-electron chi connectivity index (χ1n) is 11.3. The number of fused-ring (bicyclic) bond motifs is 1. The van der Waals surface area contributed by atoms with E-state index in [1.165, 1.54) is 6.07 Å². The Bertz CT molecular complexity index is 1200. The van der Waals surface area contributed by atoms with Gasteiger partial charge in [-0.3, -0.25) is 19.1 Å². The summed E-state index contributed by atoms with van der Waals surface area (Å²) in [6, 6.07) is 11.0. The molecule has 1 amide bonds. The van der Waals surface area contributed by atoms with Crippen LogP contribution < -0.4 is 10.9 Å². The molecule has 1 unspecified atom stereocenters. The van der Waals surface area contributed by atoms with Crippen LogP contribution >= 0.6 is 11.8 Å². The molecule has 0 aliphatic carbocycles. The fourth-order valence-corrected chi connectivity index (χ4v) is 4.75. The van der Waals surface area contributed by atoms with Crippen LogP contribution in [0.2, 0.25) is 0 Å². The molecule has 0 radical (unpaired) electrons. The molecule has 0 aliphatic heterocycles. The molecule has 0 saturated carbocycles. The van der Waals surface area contributed by atoms with Gasteiger partial charge in [-0.15, -0.1) is 0 Å². The lowest BCUT2D eigenvalue weighted by Gasteiger charge is -2.31. The fourth-order valence-electron chi connectivity index (χ4n) is 3.82. The van der Waals surface area contributed by atoms with E-state index in [0.717, 1.165) is 23.9 Å². The highest BCUT2D eigenvalue weighted by molar-refractivity contribution is 8.00. The molecule has 6 nitrogen and oxygen atoms in total. The number of benzene rings is 2. The third-order valence-electron chi connectivity index (χ3n) is 5.60. The van der Waals surface area contributed by atoms with Crippen LogP contribution in [0.15, 0.2) is 52.4 Å². The van der Waals surface area contributed by atoms with Gasteiger partial charge in [0.2, 0.25) is 5.91 Å². The first kappa shape index (κ1) is 25.8. The van der Waals surface area contributed by atoms with E-state index in [4.69, 9.17) is 0 Å². The molecule has 1 heterocycles. The predicted molar refractivity (Wildman–Crippen MR) is 133 cm³/mol. The summed E-state index contributed by atoms with van der Waals surface area (Å²) in [5.41, 5.74) is -0.148. The summed E-state index contributed by atoms with van der Waals surface area (Å²) < 4.78 is 29.5. The fraction of sp³-hybridized carbons (Fsp3) is 0.400. The zero-order valence-electron chi connectivity index (χ0n) is 20.0. The zero-order chi connectivity index (χ0) is 25.0. The van der Waals surface area contributed by atoms with Gasteiger partial charge < -0.3 is 5.32 Å². The van der Waals surface area contributed by atoms with Gasteiger partial charge in [0.15, 0.2) is 5.16 Å². The van der Waals surface area contributed by atoms with Gasteiger partial charge in [0, 0.05) is 25.2 Å². The Morgan fingerprint density at radius 3 is 2.26 bits per heavy atom. The van der Waals surface area contributed by atoms with E-state index >= 15 is 0 Å². The smallest absolute Gasteiger partial charge is 0.262 e. The number of hydrogen-bond donors (Lipinski definition) is 1. The third-order valence-corrected chi connectivity index (χ3v) is 6.69. The van der Waals surface area contributed by atoms with Gasteiger partial charge in [0.05, 0.1) is 16.2 Å². The van der Waals surface area contributed by atoms with Crippen molar-refractivity contribution in [3.63, 3.8) is 0 Å². The van der Waals surface area contributed by atoms with Crippen molar-refractivity contribution in [2.24, 2.45) is 0 Å². The quantitative estimate of drug-likeness (QED) is 0.342. The normalized spacial score (nSPS) is 12.6. The summed E-state index contributed by atoms with van der Waals surface area (Å²) >= 11 is 1.08. The van der Waals surface area contributed by atoms with Crippen LogP contribution in [0.4, 0.5) is 14.5 Å². The SMILES string of the molecule is CC(Sc1nc2ccccc2c(=O)n1CCN(C(C)C)C(C)C)C(=O)Nc1c(F)cccc1F. The third kappa shape index (κ3) is 5.82. The molecule has 0 spiro atoms. The first-order chi connectivity index (χ1) is 16.1. The van der Waals surface area contributed by atoms with Crippen LogP contribution in [0.1, 0.15) is 34.6 Å². The number of halogens is 2. The van der Waals surface area contributed by atoms with E-state index < -0.39 is 28.5 Å². The second-order valence-electron chi connectivity index (χ2n) is 8.64. The maximum absolute atomic E-state index is 14.0. The molecule has 0 bridgehead atoms. The van der Waals surface area contributed by atoms with Gasteiger partial charge in [0.25, 0.3) is 5.56 Å². The Balaban J connectivity index is 1.91. The molecular weight excluding hydrogens is 458 g/mol. The monoisotopic (exact) mass is 488 g/mol. The number of hydrogen-bond acceptors (Lipinski definition) is 5. The van der Waals surface area contributed by atoms with Crippen molar-refractivity contribution >= 4 is 34.3 Å². The van der Waals surface area contributed by atoms with Gasteiger partial charge in [-0.05, 0) is 58.9 Å². The number of aromatic nitrogens is 2. The van der Waals surface area contributed by atoms with Crippen LogP contribution in [0.3, 0.4) is 0 Å². The van der Waals surface area contributed by atoms with Crippen molar-refractivity contribution < 1.29 is 13.6 Å². The van der Waals surface area contributed by atoms with Crippen LogP contribution in [0.5, 0.6) is 0 Å². The van der Waals surface area contributed by atoms with Crippen molar-refractivity contribution in [2.75, 3.05) is 11.9 Å². The van der Waals surface area contributed by atoms with E-state index in [-0.39, 0.29) is 5.56 Å². The maximum Gasteiger partial charge on any atom is 0.262 e. The number of para-hydroxylation sites is 2. The molecule has 0 fully saturated rings. The molecule has 182 valence electrons. The van der Waals surface area contributed by atoms with Crippen LogP contribution in [-0.4, -0.2) is 44.2 Å². The lowest BCUT2D eigenvalue weighted by molar-refractivity contribution is -0.115. The number of rotatable bonds is 9. The van der Waals surface area contributed by atoms with E-state index in [1.807, 2.05) is 0 Å². The highest BCUT2D eigenvalue weighted by atomic mass is 32.2. The van der Waals surface area contributed by atoms with E-state index in [1.54, 1.807) is 35.8 Å². The molecule has 0 aliphatic rings. The lowest BCUT2D eigenvalue weighted by atomic mass is 10.2. The Hall–Kier alpha value is -2.78. The maximum atomic E-state index is 14.0. The Morgan fingerprint density at radius 1 is 1.03 bits per heavy atom. The summed E-state index contributed by atoms with van der Waals surface area (Å²) in [5, 5.41) is 2.44. The summed E-state index contributed by atoms with van der Waals surface area (Å²) in [6.45, 7) is 11.0. The van der Waals surface area contributed by atoms with Crippen molar-refractivity contribution in [2.45, 2.75) is 63.7 Å². The van der Waals surface area contributed by atoms with Crippen LogP contribution in [-0.2, 0) is 11.3 Å². The topological polar surface area (TPSA) is 67.2 Å². The van der Waals surface area contributed by atoms with Crippen molar-refractivity contribution in [1.29, 1.82) is 0 Å². The minimum atomic E-state index is -0.853. The second kappa shape index (κ2) is 11.1. The molecule has 1 aromatic heterocycles. The Morgan fingerprint density at radius 2 is 1.65 bits per heavy atom. The number of thioether (sulfide) groups is 1. The average molecular weight is 489 g/mol. The molecule has 1 atom stereocenters. The Kier molecular flexibility index (Phi) is 8.43. The van der Waals surface area contributed by atoms with Gasteiger partial charge in [0.1, 0.15) is 17.3 Å². The van der Waals surface area contributed by atoms with E-state index in [9.17, 15) is 18.4 Å². The van der Waals surface area contributed by atoms with Crippen LogP contribution in [0, 0.1) is 11.6 Å². The largest absolute Gasteiger partial charge is 0.320 e. The summed E-state index contributed by atoms with van der Waals surface area (Å²) in [5.74, 6) is -2.29. The van der Waals surface area contributed by atoms with Gasteiger partial charge in [-0.1, -0.05) is 30.0 Å². The number of nitrogens with zero attached hydrogens (tertiary/aromatic N) is 3. The molecule has 3 rings (SSSR count). The van der Waals surface area contributed by atoms with Gasteiger partial charge in [-0.2, -0.15) is 0 Å². The Labute approximate surface area is 202 Å². The standard InChI is InChI=1S/C25H30F2N4O2S/c1-15(2)30(16(3)4)13-14-31-24(33)18-9-6-7-12-21(18)28-25(31)34-17(5)23(32)29-22-19(26)10-8-11-20(22)27/h6-12,15-17H,13-14H2,1-5H3,(H,29,32). The first-order valence-corrected chi connectivity index (χ1v) is 12.1. The van der Waals surface area contributed by atoms with E-state index in [2.05, 4.69) is 42.9 Å². The molecule has 1 N–H and O–H groups in total. The van der Waals surface area contributed by atoms with Crippen molar-refractivity contribution in [3.05, 3.63) is 64.5 Å². The molecule has 3 aromatic rings. The highest BCUT2D eigenvalue weighted by Gasteiger charge is 2.22. The number of carbonyl (C=O) groups is 1. The number of amides is 1. The predicted octanol–water partition coefficient (Wildman–Crippen LogP) is 4.91. The van der Waals surface area contributed by atoms with E-state index in [0.29, 0.717) is 41.2 Å². The van der Waals surface area contributed by atoms with Crippen LogP contribution in [0.25, 0.3) is 10.9 Å². The summed E-state index contributed by atoms with van der Waals surface area (Å²) in [6.07, 6.45) is 0. The number of nitrogens with one attached hydrogen (secondary N) is 1. The lowest BCUT2D eigenvalue weighted by Crippen LogP contribution is -2.40. The average Bonchev–Trinajstić information content (AvgIpc) is 2.77. The minimum absolute atomic E-state index is 0.187. The van der Waals surface area contributed by atoms with Crippen molar-refractivity contribution in [3.8, 4) is 0 Å². The van der Waals surface area contributed by atoms with Crippen molar-refractivity contribution in [1.82, 2.24) is 14.5 Å². The molecule has 2 aromatic carbocycles. The number of carbonyl (C=O) groups excluding carboxylic acids is 1. The molecule has 9 heteroatoms. The molecule has 34 heavy (non-hydrogen) atoms. The second-order valence-corrected chi connectivity index (χ2v) is 9.95. The molecule has 0 saturated heterocycles. The molecular formula is C25H30F2N4O2S. The minimum Gasteiger partial charge on any atom is -0.320 e. The zero-order valence-corrected chi connectivity index (χ0v) is 20.8. The van der Waals surface area contributed by atoms with Gasteiger partial charge in [-0.25, -0.2) is 13.8 Å².